The van der Waals surface area contributed by atoms with E-state index in [2.05, 4.69) is 20.9 Å². The molecule has 1 aliphatic rings. The lowest BCUT2D eigenvalue weighted by Crippen LogP contribution is -2.39. The molecule has 0 fully saturated rings. The summed E-state index contributed by atoms with van der Waals surface area (Å²) in [7, 11) is 1.58. The fourth-order valence-electron chi connectivity index (χ4n) is 3.74. The average Bonchev–Trinajstić information content (AvgIpc) is 3.44. The fourth-order valence-corrected chi connectivity index (χ4v) is 6.04. The zero-order valence-electron chi connectivity index (χ0n) is 19.1. The number of thiophene rings is 1. The molecule has 0 saturated carbocycles. The standard InChI is InChI=1S/C24H23BrN2O5S2/c1-5-31-17-10-14(15(25)12-16(17)30-4)11-19-22(28)27-21(18-8-7-9-33-18)20(23(29)32-6-2)13(3)26-24(27)34-19/h7-12,21H,5-6H2,1-4H3/b19-11+/t21-/m0/s1. The lowest BCUT2D eigenvalue weighted by Gasteiger charge is -2.23. The van der Waals surface area contributed by atoms with Crippen molar-refractivity contribution in [1.82, 2.24) is 4.57 Å². The predicted molar refractivity (Wildman–Crippen MR) is 137 cm³/mol. The van der Waals surface area contributed by atoms with Crippen molar-refractivity contribution in [2.45, 2.75) is 26.8 Å². The Morgan fingerprint density at radius 3 is 2.71 bits per heavy atom. The molecule has 3 aromatic rings. The van der Waals surface area contributed by atoms with E-state index in [1.54, 1.807) is 31.6 Å². The smallest absolute Gasteiger partial charge is 0.338 e. The van der Waals surface area contributed by atoms with Crippen molar-refractivity contribution in [3.63, 3.8) is 0 Å². The van der Waals surface area contributed by atoms with Crippen LogP contribution in [0.5, 0.6) is 11.5 Å². The van der Waals surface area contributed by atoms with Crippen molar-refractivity contribution in [2.75, 3.05) is 20.3 Å². The van der Waals surface area contributed by atoms with Crippen molar-refractivity contribution in [3.8, 4) is 11.5 Å². The van der Waals surface area contributed by atoms with Crippen LogP contribution in [0.1, 0.15) is 37.3 Å². The number of esters is 1. The van der Waals surface area contributed by atoms with Crippen molar-refractivity contribution in [2.24, 2.45) is 4.99 Å². The van der Waals surface area contributed by atoms with Gasteiger partial charge in [0.25, 0.3) is 5.56 Å². The maximum Gasteiger partial charge on any atom is 0.338 e. The zero-order chi connectivity index (χ0) is 24.4. The van der Waals surface area contributed by atoms with Gasteiger partial charge in [0.1, 0.15) is 6.04 Å². The first-order valence-electron chi connectivity index (χ1n) is 10.6. The number of aromatic nitrogens is 1. The summed E-state index contributed by atoms with van der Waals surface area (Å²) < 4.78 is 19.2. The highest BCUT2D eigenvalue weighted by atomic mass is 79.9. The van der Waals surface area contributed by atoms with Crippen LogP contribution in [0.2, 0.25) is 0 Å². The maximum absolute atomic E-state index is 13.6. The monoisotopic (exact) mass is 562 g/mol. The van der Waals surface area contributed by atoms with Gasteiger partial charge < -0.3 is 14.2 Å². The second kappa shape index (κ2) is 10.3. The minimum absolute atomic E-state index is 0.225. The van der Waals surface area contributed by atoms with Crippen molar-refractivity contribution >= 4 is 50.6 Å². The van der Waals surface area contributed by atoms with Gasteiger partial charge in [-0.1, -0.05) is 33.3 Å². The Hall–Kier alpha value is -2.69. The van der Waals surface area contributed by atoms with E-state index in [-0.39, 0.29) is 12.2 Å². The Morgan fingerprint density at radius 1 is 1.26 bits per heavy atom. The lowest BCUT2D eigenvalue weighted by molar-refractivity contribution is -0.139. The molecule has 0 aliphatic carbocycles. The minimum Gasteiger partial charge on any atom is -0.493 e. The van der Waals surface area contributed by atoms with E-state index in [0.29, 0.717) is 38.7 Å². The molecule has 4 rings (SSSR count). The highest BCUT2D eigenvalue weighted by Crippen LogP contribution is 2.35. The molecule has 0 N–H and O–H groups in total. The number of hydrogen-bond donors (Lipinski definition) is 0. The second-order valence-electron chi connectivity index (χ2n) is 7.28. The summed E-state index contributed by atoms with van der Waals surface area (Å²) in [5.74, 6) is 0.722. The molecule has 0 amide bonds. The highest BCUT2D eigenvalue weighted by Gasteiger charge is 2.33. The Bertz CT molecular complexity index is 1440. The number of methoxy groups -OCH3 is 1. The molecule has 0 spiro atoms. The first-order chi connectivity index (χ1) is 16.4. The van der Waals surface area contributed by atoms with Crippen LogP contribution in [-0.2, 0) is 9.53 Å². The quantitative estimate of drug-likeness (QED) is 0.406. The van der Waals surface area contributed by atoms with Crippen LogP contribution < -0.4 is 24.4 Å². The molecule has 7 nitrogen and oxygen atoms in total. The SMILES string of the molecule is CCOC(=O)C1=C(C)N=c2s/c(=C/c3cc(OCC)c(OC)cc3Br)c(=O)n2[C@H]1c1cccs1. The van der Waals surface area contributed by atoms with Gasteiger partial charge in [0, 0.05) is 9.35 Å². The lowest BCUT2D eigenvalue weighted by atomic mass is 10.0. The Kier molecular flexibility index (Phi) is 7.39. The first-order valence-corrected chi connectivity index (χ1v) is 13.1. The summed E-state index contributed by atoms with van der Waals surface area (Å²) >= 11 is 6.33. The van der Waals surface area contributed by atoms with Crippen LogP contribution in [-0.4, -0.2) is 30.9 Å². The molecule has 0 bridgehead atoms. The van der Waals surface area contributed by atoms with Crippen LogP contribution in [0.15, 0.2) is 55.2 Å². The summed E-state index contributed by atoms with van der Waals surface area (Å²) in [5, 5.41) is 1.92. The second-order valence-corrected chi connectivity index (χ2v) is 10.1. The van der Waals surface area contributed by atoms with E-state index in [9.17, 15) is 9.59 Å². The van der Waals surface area contributed by atoms with Gasteiger partial charge in [-0.2, -0.15) is 0 Å². The Morgan fingerprint density at radius 2 is 2.06 bits per heavy atom. The predicted octanol–water partition coefficient (Wildman–Crippen LogP) is 4.03. The van der Waals surface area contributed by atoms with Gasteiger partial charge in [0.2, 0.25) is 0 Å². The molecule has 0 radical (unpaired) electrons. The molecule has 3 heterocycles. The molecule has 2 aromatic heterocycles. The van der Waals surface area contributed by atoms with Gasteiger partial charge in [-0.25, -0.2) is 9.79 Å². The topological polar surface area (TPSA) is 79.1 Å². The number of hydrogen-bond acceptors (Lipinski definition) is 8. The summed E-state index contributed by atoms with van der Waals surface area (Å²) in [6.07, 6.45) is 1.80. The van der Waals surface area contributed by atoms with E-state index in [4.69, 9.17) is 14.2 Å². The number of ether oxygens (including phenoxy) is 3. The van der Waals surface area contributed by atoms with Gasteiger partial charge in [-0.05, 0) is 56.0 Å². The molecule has 0 unspecified atom stereocenters. The minimum atomic E-state index is -0.587. The Balaban J connectivity index is 1.92. The molecule has 178 valence electrons. The largest absolute Gasteiger partial charge is 0.493 e. The third kappa shape index (κ3) is 4.49. The first kappa shape index (κ1) is 24.4. The van der Waals surface area contributed by atoms with Gasteiger partial charge in [0.05, 0.1) is 36.1 Å². The van der Waals surface area contributed by atoms with Crippen molar-refractivity contribution in [1.29, 1.82) is 0 Å². The summed E-state index contributed by atoms with van der Waals surface area (Å²) in [4.78, 5) is 32.5. The molecular formula is C24H23BrN2O5S2. The van der Waals surface area contributed by atoms with Crippen LogP contribution in [0, 0.1) is 0 Å². The van der Waals surface area contributed by atoms with Gasteiger partial charge in [-0.3, -0.25) is 9.36 Å². The summed E-state index contributed by atoms with van der Waals surface area (Å²) in [5.41, 5.74) is 1.47. The molecule has 10 heteroatoms. The number of thiazole rings is 1. The highest BCUT2D eigenvalue weighted by molar-refractivity contribution is 9.10. The molecule has 34 heavy (non-hydrogen) atoms. The number of halogens is 1. The van der Waals surface area contributed by atoms with Gasteiger partial charge in [0.15, 0.2) is 16.3 Å². The number of carbonyl (C=O) groups excluding carboxylic acids is 1. The van der Waals surface area contributed by atoms with E-state index >= 15 is 0 Å². The van der Waals surface area contributed by atoms with Crippen LogP contribution in [0.25, 0.3) is 6.08 Å². The third-order valence-corrected chi connectivity index (χ3v) is 7.79. The van der Waals surface area contributed by atoms with Crippen LogP contribution in [0.3, 0.4) is 0 Å². The molecule has 1 atom stereocenters. The zero-order valence-corrected chi connectivity index (χ0v) is 22.3. The van der Waals surface area contributed by atoms with Crippen LogP contribution in [0.4, 0.5) is 0 Å². The third-order valence-electron chi connectivity index (χ3n) is 5.20. The Labute approximate surface area is 212 Å². The van der Waals surface area contributed by atoms with Crippen molar-refractivity contribution < 1.29 is 19.0 Å². The normalized spacial score (nSPS) is 15.7. The molecule has 1 aliphatic heterocycles. The average molecular weight is 563 g/mol. The summed E-state index contributed by atoms with van der Waals surface area (Å²) in [6, 6.07) is 6.87. The molecule has 1 aromatic carbocycles. The maximum atomic E-state index is 13.6. The van der Waals surface area contributed by atoms with Crippen LogP contribution >= 0.6 is 38.6 Å². The number of allylic oxidation sites excluding steroid dienone is 1. The summed E-state index contributed by atoms with van der Waals surface area (Å²) in [6.45, 7) is 6.15. The number of nitrogens with zero attached hydrogens (tertiary/aromatic N) is 2. The van der Waals surface area contributed by atoms with Crippen molar-refractivity contribution in [3.05, 3.63) is 75.5 Å². The van der Waals surface area contributed by atoms with E-state index in [1.807, 2.05) is 36.6 Å². The fraction of sp³-hybridized carbons (Fsp3) is 0.292. The van der Waals surface area contributed by atoms with E-state index in [0.717, 1.165) is 14.9 Å². The number of benzene rings is 1. The van der Waals surface area contributed by atoms with E-state index in [1.165, 1.54) is 22.7 Å². The number of fused-ring (bicyclic) bond motifs is 1. The van der Waals surface area contributed by atoms with Gasteiger partial charge >= 0.3 is 5.97 Å². The molecule has 0 saturated heterocycles. The number of carbonyl (C=O) groups is 1. The molecular weight excluding hydrogens is 540 g/mol. The number of rotatable bonds is 7. The van der Waals surface area contributed by atoms with E-state index < -0.39 is 12.0 Å². The van der Waals surface area contributed by atoms with Gasteiger partial charge in [-0.15, -0.1) is 11.3 Å².